The van der Waals surface area contributed by atoms with Gasteiger partial charge in [0.1, 0.15) is 12.4 Å². The lowest BCUT2D eigenvalue weighted by molar-refractivity contribution is -0.143. The first-order valence-corrected chi connectivity index (χ1v) is 17.0. The van der Waals surface area contributed by atoms with Crippen LogP contribution in [0.25, 0.3) is 16.8 Å². The van der Waals surface area contributed by atoms with E-state index in [-0.39, 0.29) is 24.3 Å². The number of carbonyl (C=O) groups is 2. The third-order valence-corrected chi connectivity index (χ3v) is 9.13. The van der Waals surface area contributed by atoms with E-state index in [0.717, 1.165) is 21.9 Å². The lowest BCUT2D eigenvalue weighted by Gasteiger charge is -2.25. The van der Waals surface area contributed by atoms with Crippen molar-refractivity contribution in [1.82, 2.24) is 4.57 Å². The Hall–Kier alpha value is -5.68. The maximum absolute atomic E-state index is 14.3. The van der Waals surface area contributed by atoms with Crippen LogP contribution in [0.15, 0.2) is 106 Å². The van der Waals surface area contributed by atoms with E-state index in [1.165, 1.54) is 23.0 Å². The van der Waals surface area contributed by atoms with Gasteiger partial charge in [-0.25, -0.2) is 14.6 Å². The predicted molar refractivity (Wildman–Crippen MR) is 190 cm³/mol. The van der Waals surface area contributed by atoms with Crippen LogP contribution in [0.3, 0.4) is 0 Å². The second-order valence-electron chi connectivity index (χ2n) is 11.3. The van der Waals surface area contributed by atoms with Crippen LogP contribution in [0.2, 0.25) is 0 Å². The number of hydrogen-bond acceptors (Lipinski definition) is 10. The van der Waals surface area contributed by atoms with Gasteiger partial charge in [0.05, 0.1) is 42.2 Å². The molecule has 1 aliphatic rings. The molecule has 1 aliphatic heterocycles. The molecule has 10 nitrogen and oxygen atoms in total. The van der Waals surface area contributed by atoms with Gasteiger partial charge in [-0.2, -0.15) is 0 Å². The molecule has 0 unspecified atom stereocenters. The summed E-state index contributed by atoms with van der Waals surface area (Å²) in [5.41, 5.74) is 2.68. The minimum atomic E-state index is -0.876. The van der Waals surface area contributed by atoms with Gasteiger partial charge in [-0.05, 0) is 66.9 Å². The number of benzene rings is 4. The van der Waals surface area contributed by atoms with E-state index < -0.39 is 18.0 Å². The van der Waals surface area contributed by atoms with E-state index in [9.17, 15) is 14.4 Å². The fourth-order valence-electron chi connectivity index (χ4n) is 5.83. The lowest BCUT2D eigenvalue weighted by Crippen LogP contribution is -2.40. The summed E-state index contributed by atoms with van der Waals surface area (Å²) in [6.45, 7) is 5.75. The van der Waals surface area contributed by atoms with E-state index >= 15 is 0 Å². The summed E-state index contributed by atoms with van der Waals surface area (Å²) < 4.78 is 29.9. The van der Waals surface area contributed by atoms with E-state index in [0.29, 0.717) is 51.1 Å². The Labute approximate surface area is 292 Å². The number of hydrogen-bond donors (Lipinski definition) is 0. The number of thiazole rings is 1. The zero-order valence-electron chi connectivity index (χ0n) is 28.1. The first kappa shape index (κ1) is 34.2. The van der Waals surface area contributed by atoms with Crippen molar-refractivity contribution in [1.29, 1.82) is 0 Å². The average Bonchev–Trinajstić information content (AvgIpc) is 3.43. The number of esters is 2. The van der Waals surface area contributed by atoms with Crippen LogP contribution in [-0.4, -0.2) is 43.4 Å². The van der Waals surface area contributed by atoms with E-state index in [1.54, 1.807) is 38.1 Å². The van der Waals surface area contributed by atoms with E-state index in [4.69, 9.17) is 28.7 Å². The van der Waals surface area contributed by atoms with Gasteiger partial charge < -0.3 is 23.7 Å². The molecule has 0 radical (unpaired) electrons. The standard InChI is InChI=1S/C39H36N2O8S/c1-5-46-32-20-27(18-19-31(32)49-23-34(42)45-4)36-35(38(44)47-6-2)24(3)40-39-41(36)37(43)33(50-39)21-26-13-8-10-17-30(26)48-22-28-15-11-14-25-12-7-9-16-29(25)28/h7-21,36H,5-6,22-23H2,1-4H3/b33-21+/t36-/m0/s1. The monoisotopic (exact) mass is 692 g/mol. The quantitative estimate of drug-likeness (QED) is 0.158. The normalized spacial score (nSPS) is 14.2. The van der Waals surface area contributed by atoms with Crippen LogP contribution in [0.4, 0.5) is 0 Å². The molecule has 1 aromatic heterocycles. The molecule has 0 amide bonds. The number of ether oxygens (including phenoxy) is 5. The molecule has 5 aromatic rings. The Balaban J connectivity index is 1.42. The predicted octanol–water partition coefficient (Wildman–Crippen LogP) is 5.48. The summed E-state index contributed by atoms with van der Waals surface area (Å²) in [6.07, 6.45) is 1.79. The van der Waals surface area contributed by atoms with Crippen LogP contribution in [0, 0.1) is 0 Å². The highest BCUT2D eigenvalue weighted by Gasteiger charge is 2.34. The zero-order valence-corrected chi connectivity index (χ0v) is 29.0. The van der Waals surface area contributed by atoms with Crippen LogP contribution in [0.1, 0.15) is 43.5 Å². The molecule has 0 N–H and O–H groups in total. The van der Waals surface area contributed by atoms with E-state index in [2.05, 4.69) is 18.2 Å². The SMILES string of the molecule is CCOC(=O)C1=C(C)N=c2s/c(=C/c3ccccc3OCc3cccc4ccccc34)c(=O)n2[C@H]1c1ccc(OCC(=O)OC)c(OCC)c1. The van der Waals surface area contributed by atoms with Gasteiger partial charge in [0, 0.05) is 5.56 Å². The summed E-state index contributed by atoms with van der Waals surface area (Å²) in [5, 5.41) is 2.25. The molecule has 4 aromatic carbocycles. The van der Waals surface area contributed by atoms with Gasteiger partial charge in [0.15, 0.2) is 22.9 Å². The molecule has 0 fully saturated rings. The molecule has 0 aliphatic carbocycles. The van der Waals surface area contributed by atoms with Gasteiger partial charge in [0.2, 0.25) is 0 Å². The Kier molecular flexibility index (Phi) is 10.4. The minimum Gasteiger partial charge on any atom is -0.490 e. The van der Waals surface area contributed by atoms with Crippen molar-refractivity contribution < 1.29 is 33.3 Å². The molecule has 0 saturated heterocycles. The Morgan fingerprint density at radius 2 is 1.66 bits per heavy atom. The fraction of sp³-hybridized carbons (Fsp3) is 0.231. The van der Waals surface area contributed by atoms with Gasteiger partial charge in [-0.3, -0.25) is 9.36 Å². The highest BCUT2D eigenvalue weighted by atomic mass is 32.1. The smallest absolute Gasteiger partial charge is 0.343 e. The molecule has 0 saturated carbocycles. The first-order valence-electron chi connectivity index (χ1n) is 16.2. The average molecular weight is 693 g/mol. The molecular weight excluding hydrogens is 657 g/mol. The van der Waals surface area contributed by atoms with Crippen molar-refractivity contribution in [3.8, 4) is 17.2 Å². The Morgan fingerprint density at radius 1 is 0.880 bits per heavy atom. The number of carbonyl (C=O) groups excluding carboxylic acids is 2. The van der Waals surface area contributed by atoms with E-state index in [1.807, 2.05) is 55.5 Å². The molecule has 0 spiro atoms. The zero-order chi connectivity index (χ0) is 35.2. The lowest BCUT2D eigenvalue weighted by atomic mass is 9.95. The number of para-hydroxylation sites is 1. The third kappa shape index (κ3) is 7.04. The second kappa shape index (κ2) is 15.3. The largest absolute Gasteiger partial charge is 0.490 e. The Morgan fingerprint density at radius 3 is 2.46 bits per heavy atom. The Bertz CT molecular complexity index is 2280. The molecule has 50 heavy (non-hydrogen) atoms. The number of methoxy groups -OCH3 is 1. The molecular formula is C39H36N2O8S. The number of fused-ring (bicyclic) bond motifs is 2. The maximum atomic E-state index is 14.3. The van der Waals surface area contributed by atoms with Crippen molar-refractivity contribution in [2.75, 3.05) is 26.9 Å². The van der Waals surface area contributed by atoms with Gasteiger partial charge in [-0.15, -0.1) is 0 Å². The van der Waals surface area contributed by atoms with Gasteiger partial charge in [-0.1, -0.05) is 78.1 Å². The van der Waals surface area contributed by atoms with Crippen LogP contribution in [0.5, 0.6) is 17.2 Å². The van der Waals surface area contributed by atoms with Gasteiger partial charge >= 0.3 is 11.9 Å². The summed E-state index contributed by atoms with van der Waals surface area (Å²) in [4.78, 5) is 44.6. The van der Waals surface area contributed by atoms with Crippen molar-refractivity contribution in [3.05, 3.63) is 133 Å². The minimum absolute atomic E-state index is 0.146. The van der Waals surface area contributed by atoms with Crippen LogP contribution in [-0.2, 0) is 25.7 Å². The summed E-state index contributed by atoms with van der Waals surface area (Å²) >= 11 is 1.22. The second-order valence-corrected chi connectivity index (χ2v) is 12.3. The van der Waals surface area contributed by atoms with Crippen molar-refractivity contribution in [2.45, 2.75) is 33.4 Å². The number of allylic oxidation sites excluding steroid dienone is 1. The molecule has 11 heteroatoms. The van der Waals surface area contributed by atoms with Crippen LogP contribution >= 0.6 is 11.3 Å². The molecule has 1 atom stereocenters. The molecule has 256 valence electrons. The molecule has 2 heterocycles. The maximum Gasteiger partial charge on any atom is 0.343 e. The summed E-state index contributed by atoms with van der Waals surface area (Å²) in [6, 6.07) is 26.0. The van der Waals surface area contributed by atoms with Gasteiger partial charge in [0.25, 0.3) is 5.56 Å². The molecule has 0 bridgehead atoms. The number of nitrogens with zero attached hydrogens (tertiary/aromatic N) is 2. The summed E-state index contributed by atoms with van der Waals surface area (Å²) in [5.74, 6) is 0.143. The first-order chi connectivity index (χ1) is 24.3. The third-order valence-electron chi connectivity index (χ3n) is 8.14. The number of aromatic nitrogens is 1. The van der Waals surface area contributed by atoms with Crippen molar-refractivity contribution in [3.63, 3.8) is 0 Å². The van der Waals surface area contributed by atoms with Crippen molar-refractivity contribution >= 4 is 40.1 Å². The molecule has 6 rings (SSSR count). The summed E-state index contributed by atoms with van der Waals surface area (Å²) in [7, 11) is 1.28. The van der Waals surface area contributed by atoms with Crippen molar-refractivity contribution in [2.24, 2.45) is 4.99 Å². The number of rotatable bonds is 12. The fourth-order valence-corrected chi connectivity index (χ4v) is 6.87. The topological polar surface area (TPSA) is 115 Å². The van der Waals surface area contributed by atoms with Crippen LogP contribution < -0.4 is 29.1 Å². The highest BCUT2D eigenvalue weighted by Crippen LogP contribution is 2.36. The highest BCUT2D eigenvalue weighted by molar-refractivity contribution is 7.07.